The fraction of sp³-hybridized carbons (Fsp3) is 0.188. The lowest BCUT2D eigenvalue weighted by Gasteiger charge is -2.00. The molecule has 0 N–H and O–H groups in total. The second-order valence-corrected chi connectivity index (χ2v) is 5.73. The SMILES string of the molecule is C=CCOc1nc(-c2c(C)nn3ccccc23)sc1C(=O)OC. The molecule has 0 unspecified atom stereocenters. The van der Waals surface area contributed by atoms with E-state index in [1.54, 1.807) is 10.6 Å². The molecule has 0 bridgehead atoms. The van der Waals surface area contributed by atoms with E-state index in [2.05, 4.69) is 16.7 Å². The van der Waals surface area contributed by atoms with Gasteiger partial charge in [-0.3, -0.25) is 0 Å². The van der Waals surface area contributed by atoms with Gasteiger partial charge in [-0.25, -0.2) is 14.3 Å². The zero-order valence-electron chi connectivity index (χ0n) is 12.8. The van der Waals surface area contributed by atoms with Crippen LogP contribution in [0.1, 0.15) is 15.4 Å². The third-order valence-electron chi connectivity index (χ3n) is 3.23. The maximum atomic E-state index is 12.0. The van der Waals surface area contributed by atoms with Crippen LogP contribution in [0.5, 0.6) is 5.88 Å². The third-order valence-corrected chi connectivity index (χ3v) is 4.27. The number of esters is 1. The van der Waals surface area contributed by atoms with Gasteiger partial charge in [-0.15, -0.1) is 11.3 Å². The number of aryl methyl sites for hydroxylation is 1. The summed E-state index contributed by atoms with van der Waals surface area (Å²) in [7, 11) is 1.33. The molecule has 0 radical (unpaired) electrons. The van der Waals surface area contributed by atoms with Gasteiger partial charge in [0.25, 0.3) is 0 Å². The number of carbonyl (C=O) groups excluding carboxylic acids is 1. The normalized spacial score (nSPS) is 10.7. The Balaban J connectivity index is 2.15. The van der Waals surface area contributed by atoms with Crippen LogP contribution in [0.3, 0.4) is 0 Å². The molecule has 3 rings (SSSR count). The summed E-state index contributed by atoms with van der Waals surface area (Å²) in [6.45, 7) is 5.78. The van der Waals surface area contributed by atoms with E-state index in [0.29, 0.717) is 9.88 Å². The molecule has 0 amide bonds. The van der Waals surface area contributed by atoms with Gasteiger partial charge in [0, 0.05) is 6.20 Å². The second kappa shape index (κ2) is 6.21. The molecule has 0 aliphatic carbocycles. The van der Waals surface area contributed by atoms with Crippen LogP contribution >= 0.6 is 11.3 Å². The highest BCUT2D eigenvalue weighted by atomic mass is 32.1. The first-order valence-electron chi connectivity index (χ1n) is 6.93. The molecular formula is C16H15N3O3S. The van der Waals surface area contributed by atoms with Crippen LogP contribution in [0.2, 0.25) is 0 Å². The van der Waals surface area contributed by atoms with Crippen molar-refractivity contribution in [2.24, 2.45) is 0 Å². The zero-order chi connectivity index (χ0) is 16.4. The summed E-state index contributed by atoms with van der Waals surface area (Å²) in [5, 5.41) is 5.14. The third kappa shape index (κ3) is 2.70. The fourth-order valence-electron chi connectivity index (χ4n) is 2.25. The summed E-state index contributed by atoms with van der Waals surface area (Å²) in [5.74, 6) is -0.214. The summed E-state index contributed by atoms with van der Waals surface area (Å²) >= 11 is 1.23. The summed E-state index contributed by atoms with van der Waals surface area (Å²) in [6.07, 6.45) is 3.47. The van der Waals surface area contributed by atoms with Crippen LogP contribution in [0.15, 0.2) is 37.1 Å². The summed E-state index contributed by atoms with van der Waals surface area (Å²) in [5.41, 5.74) is 2.64. The zero-order valence-corrected chi connectivity index (χ0v) is 13.6. The van der Waals surface area contributed by atoms with Gasteiger partial charge in [0.05, 0.1) is 23.9 Å². The Kier molecular flexibility index (Phi) is 4.12. The summed E-state index contributed by atoms with van der Waals surface area (Å²) < 4.78 is 12.1. The second-order valence-electron chi connectivity index (χ2n) is 4.74. The van der Waals surface area contributed by atoms with E-state index in [1.165, 1.54) is 18.4 Å². The molecular weight excluding hydrogens is 314 g/mol. The van der Waals surface area contributed by atoms with Crippen molar-refractivity contribution in [2.45, 2.75) is 6.92 Å². The average molecular weight is 329 g/mol. The van der Waals surface area contributed by atoms with Gasteiger partial charge in [-0.05, 0) is 19.1 Å². The molecule has 7 heteroatoms. The minimum atomic E-state index is -0.470. The number of pyridine rings is 1. The molecule has 0 aliphatic rings. The van der Waals surface area contributed by atoms with E-state index < -0.39 is 5.97 Å². The van der Waals surface area contributed by atoms with E-state index in [1.807, 2.05) is 31.3 Å². The van der Waals surface area contributed by atoms with Gasteiger partial charge in [0.2, 0.25) is 5.88 Å². The van der Waals surface area contributed by atoms with Crippen molar-refractivity contribution in [1.29, 1.82) is 0 Å². The number of thiazole rings is 1. The first-order valence-corrected chi connectivity index (χ1v) is 7.74. The molecule has 0 saturated carbocycles. The quantitative estimate of drug-likeness (QED) is 0.531. The molecule has 0 aromatic carbocycles. The van der Waals surface area contributed by atoms with Gasteiger partial charge in [0.15, 0.2) is 4.88 Å². The highest BCUT2D eigenvalue weighted by molar-refractivity contribution is 7.17. The lowest BCUT2D eigenvalue weighted by atomic mass is 10.2. The van der Waals surface area contributed by atoms with E-state index in [0.717, 1.165) is 16.8 Å². The predicted molar refractivity (Wildman–Crippen MR) is 88.1 cm³/mol. The molecule has 3 aromatic rings. The van der Waals surface area contributed by atoms with Crippen LogP contribution in [0.25, 0.3) is 16.1 Å². The lowest BCUT2D eigenvalue weighted by Crippen LogP contribution is -2.03. The average Bonchev–Trinajstić information content (AvgIpc) is 3.11. The molecule has 3 heterocycles. The van der Waals surface area contributed by atoms with Gasteiger partial charge in [0.1, 0.15) is 11.6 Å². The molecule has 0 aliphatic heterocycles. The lowest BCUT2D eigenvalue weighted by molar-refractivity contribution is 0.0602. The van der Waals surface area contributed by atoms with Crippen molar-refractivity contribution in [1.82, 2.24) is 14.6 Å². The van der Waals surface area contributed by atoms with E-state index >= 15 is 0 Å². The standard InChI is InChI=1S/C16H15N3O3S/c1-4-9-22-14-13(16(20)21-3)23-15(17-14)12-10(2)18-19-8-6-5-7-11(12)19/h4-8H,1,9H2,2-3H3. The van der Waals surface area contributed by atoms with Crippen molar-refractivity contribution < 1.29 is 14.3 Å². The van der Waals surface area contributed by atoms with E-state index in [-0.39, 0.29) is 12.5 Å². The smallest absolute Gasteiger partial charge is 0.353 e. The molecule has 0 saturated heterocycles. The molecule has 3 aromatic heterocycles. The van der Waals surface area contributed by atoms with Crippen molar-refractivity contribution in [3.63, 3.8) is 0 Å². The minimum Gasteiger partial charge on any atom is -0.472 e. The number of rotatable bonds is 5. The van der Waals surface area contributed by atoms with Gasteiger partial charge in [-0.1, -0.05) is 18.7 Å². The number of nitrogens with zero attached hydrogens (tertiary/aromatic N) is 3. The van der Waals surface area contributed by atoms with Crippen LogP contribution in [-0.2, 0) is 4.74 Å². The molecule has 0 fully saturated rings. The van der Waals surface area contributed by atoms with Gasteiger partial charge >= 0.3 is 5.97 Å². The Morgan fingerprint density at radius 2 is 2.30 bits per heavy atom. The maximum absolute atomic E-state index is 12.0. The monoisotopic (exact) mass is 329 g/mol. The van der Waals surface area contributed by atoms with Gasteiger partial charge in [-0.2, -0.15) is 5.10 Å². The first kappa shape index (κ1) is 15.2. The number of methoxy groups -OCH3 is 1. The number of carbonyl (C=O) groups is 1. The number of ether oxygens (including phenoxy) is 2. The largest absolute Gasteiger partial charge is 0.472 e. The Hall–Kier alpha value is -2.67. The number of hydrogen-bond acceptors (Lipinski definition) is 6. The molecule has 0 spiro atoms. The highest BCUT2D eigenvalue weighted by Crippen LogP contribution is 2.36. The number of aromatic nitrogens is 3. The van der Waals surface area contributed by atoms with Crippen molar-refractivity contribution in [3.8, 4) is 16.5 Å². The van der Waals surface area contributed by atoms with Crippen LogP contribution < -0.4 is 4.74 Å². The van der Waals surface area contributed by atoms with Crippen LogP contribution in [0.4, 0.5) is 0 Å². The van der Waals surface area contributed by atoms with Crippen molar-refractivity contribution in [3.05, 3.63) is 47.6 Å². The number of fused-ring (bicyclic) bond motifs is 1. The maximum Gasteiger partial charge on any atom is 0.353 e. The highest BCUT2D eigenvalue weighted by Gasteiger charge is 2.23. The predicted octanol–water partition coefficient (Wildman–Crippen LogP) is 3.12. The topological polar surface area (TPSA) is 65.7 Å². The number of hydrogen-bond donors (Lipinski definition) is 0. The van der Waals surface area contributed by atoms with E-state index in [9.17, 15) is 4.79 Å². The Morgan fingerprint density at radius 1 is 1.48 bits per heavy atom. The van der Waals surface area contributed by atoms with Crippen molar-refractivity contribution in [2.75, 3.05) is 13.7 Å². The van der Waals surface area contributed by atoms with E-state index in [4.69, 9.17) is 9.47 Å². The first-order chi connectivity index (χ1) is 11.2. The summed E-state index contributed by atoms with van der Waals surface area (Å²) in [6, 6.07) is 5.80. The van der Waals surface area contributed by atoms with Gasteiger partial charge < -0.3 is 9.47 Å². The fourth-order valence-corrected chi connectivity index (χ4v) is 3.29. The van der Waals surface area contributed by atoms with Crippen LogP contribution in [0, 0.1) is 6.92 Å². The van der Waals surface area contributed by atoms with Crippen LogP contribution in [-0.4, -0.2) is 34.3 Å². The molecule has 6 nitrogen and oxygen atoms in total. The Bertz CT molecular complexity index is 882. The molecule has 23 heavy (non-hydrogen) atoms. The minimum absolute atomic E-state index is 0.256. The Morgan fingerprint density at radius 3 is 3.04 bits per heavy atom. The summed E-state index contributed by atoms with van der Waals surface area (Å²) in [4.78, 5) is 16.7. The molecule has 0 atom stereocenters. The Labute approximate surface area is 137 Å². The molecule has 118 valence electrons. The van der Waals surface area contributed by atoms with Crippen molar-refractivity contribution >= 4 is 22.8 Å².